The van der Waals surface area contributed by atoms with Crippen LogP contribution in [0.25, 0.3) is 11.3 Å². The number of aromatic nitrogens is 1. The summed E-state index contributed by atoms with van der Waals surface area (Å²) in [6.45, 7) is 2.94. The van der Waals surface area contributed by atoms with Crippen molar-refractivity contribution in [3.63, 3.8) is 0 Å². The van der Waals surface area contributed by atoms with Gasteiger partial charge in [0.05, 0.1) is 0 Å². The molecule has 0 aliphatic rings. The number of carboxylic acids is 1. The number of hydrogen-bond donors (Lipinski definition) is 2. The van der Waals surface area contributed by atoms with Gasteiger partial charge in [-0.15, -0.1) is 0 Å². The van der Waals surface area contributed by atoms with Crippen molar-refractivity contribution in [2.75, 3.05) is 5.32 Å². The fraction of sp³-hybridized carbons (Fsp3) is 0.154. The van der Waals surface area contributed by atoms with Crippen molar-refractivity contribution < 1.29 is 19.2 Å². The minimum absolute atomic E-state index is 0.0278. The van der Waals surface area contributed by atoms with E-state index in [1.165, 1.54) is 13.8 Å². The minimum atomic E-state index is -1.10. The number of hydrogen-bond acceptors (Lipinski definition) is 4. The van der Waals surface area contributed by atoms with Crippen LogP contribution in [0.5, 0.6) is 0 Å². The van der Waals surface area contributed by atoms with Gasteiger partial charge in [0.1, 0.15) is 17.0 Å². The Morgan fingerprint density at radius 1 is 1.37 bits per heavy atom. The Bertz CT molecular complexity index is 646. The van der Waals surface area contributed by atoms with Crippen molar-refractivity contribution >= 4 is 17.6 Å². The SMILES string of the molecule is CC(=O)Nc1cccc(-c2noc(C)c2C(=O)O)c1. The van der Waals surface area contributed by atoms with E-state index < -0.39 is 5.97 Å². The van der Waals surface area contributed by atoms with Crippen molar-refractivity contribution in [1.82, 2.24) is 5.16 Å². The van der Waals surface area contributed by atoms with E-state index in [-0.39, 0.29) is 22.9 Å². The third kappa shape index (κ3) is 2.62. The first-order valence-electron chi connectivity index (χ1n) is 5.56. The van der Waals surface area contributed by atoms with E-state index in [0.717, 1.165) is 0 Å². The quantitative estimate of drug-likeness (QED) is 0.883. The lowest BCUT2D eigenvalue weighted by molar-refractivity contribution is -0.114. The van der Waals surface area contributed by atoms with Gasteiger partial charge in [0.2, 0.25) is 5.91 Å². The highest BCUT2D eigenvalue weighted by Gasteiger charge is 2.20. The molecule has 19 heavy (non-hydrogen) atoms. The maximum atomic E-state index is 11.2. The molecule has 1 aromatic heterocycles. The van der Waals surface area contributed by atoms with Gasteiger partial charge in [-0.05, 0) is 19.1 Å². The molecule has 0 unspecified atom stereocenters. The monoisotopic (exact) mass is 260 g/mol. The summed E-state index contributed by atoms with van der Waals surface area (Å²) in [5.41, 5.74) is 1.42. The molecular weight excluding hydrogens is 248 g/mol. The molecule has 2 rings (SSSR count). The topological polar surface area (TPSA) is 92.4 Å². The molecule has 1 amide bonds. The zero-order chi connectivity index (χ0) is 14.0. The Morgan fingerprint density at radius 3 is 2.74 bits per heavy atom. The summed E-state index contributed by atoms with van der Waals surface area (Å²) in [4.78, 5) is 22.2. The number of carbonyl (C=O) groups excluding carboxylic acids is 1. The van der Waals surface area contributed by atoms with Crippen LogP contribution in [0.15, 0.2) is 28.8 Å². The number of anilines is 1. The Balaban J connectivity index is 2.47. The zero-order valence-electron chi connectivity index (χ0n) is 10.4. The Hall–Kier alpha value is -2.63. The van der Waals surface area contributed by atoms with Crippen LogP contribution in [0.3, 0.4) is 0 Å². The first-order valence-corrected chi connectivity index (χ1v) is 5.56. The number of rotatable bonds is 3. The predicted octanol–water partition coefficient (Wildman–Crippen LogP) is 2.31. The van der Waals surface area contributed by atoms with Gasteiger partial charge in [-0.25, -0.2) is 4.79 Å². The van der Waals surface area contributed by atoms with Crippen LogP contribution in [-0.4, -0.2) is 22.1 Å². The molecule has 0 saturated carbocycles. The fourth-order valence-electron chi connectivity index (χ4n) is 1.77. The van der Waals surface area contributed by atoms with E-state index in [4.69, 9.17) is 9.63 Å². The van der Waals surface area contributed by atoms with Crippen LogP contribution in [0.2, 0.25) is 0 Å². The van der Waals surface area contributed by atoms with E-state index in [1.54, 1.807) is 24.3 Å². The lowest BCUT2D eigenvalue weighted by Crippen LogP contribution is -2.05. The molecule has 0 aliphatic heterocycles. The van der Waals surface area contributed by atoms with Crippen LogP contribution in [0, 0.1) is 6.92 Å². The van der Waals surface area contributed by atoms with Crippen molar-refractivity contribution in [3.05, 3.63) is 35.6 Å². The number of carbonyl (C=O) groups is 2. The molecule has 1 aromatic carbocycles. The average molecular weight is 260 g/mol. The number of nitrogens with one attached hydrogen (secondary N) is 1. The molecule has 0 saturated heterocycles. The fourth-order valence-corrected chi connectivity index (χ4v) is 1.77. The standard InChI is InChI=1S/C13H12N2O4/c1-7-11(13(17)18)12(15-19-7)9-4-3-5-10(6-9)14-8(2)16/h3-6H,1-2H3,(H,14,16)(H,17,18). The zero-order valence-corrected chi connectivity index (χ0v) is 10.4. The summed E-state index contributed by atoms with van der Waals surface area (Å²) in [6.07, 6.45) is 0. The van der Waals surface area contributed by atoms with E-state index in [0.29, 0.717) is 11.3 Å². The molecule has 6 heteroatoms. The molecule has 0 bridgehead atoms. The van der Waals surface area contributed by atoms with Gasteiger partial charge >= 0.3 is 5.97 Å². The lowest BCUT2D eigenvalue weighted by atomic mass is 10.1. The van der Waals surface area contributed by atoms with Crippen molar-refractivity contribution in [2.24, 2.45) is 0 Å². The van der Waals surface area contributed by atoms with Crippen LogP contribution >= 0.6 is 0 Å². The summed E-state index contributed by atoms with van der Waals surface area (Å²) in [6, 6.07) is 6.76. The van der Waals surface area contributed by atoms with Crippen LogP contribution in [0.4, 0.5) is 5.69 Å². The minimum Gasteiger partial charge on any atom is -0.477 e. The van der Waals surface area contributed by atoms with Crippen molar-refractivity contribution in [1.29, 1.82) is 0 Å². The number of aromatic carboxylic acids is 1. The van der Waals surface area contributed by atoms with E-state index in [9.17, 15) is 9.59 Å². The van der Waals surface area contributed by atoms with E-state index >= 15 is 0 Å². The number of amides is 1. The molecule has 0 aliphatic carbocycles. The molecule has 6 nitrogen and oxygen atoms in total. The van der Waals surface area contributed by atoms with Crippen LogP contribution < -0.4 is 5.32 Å². The first kappa shape index (κ1) is 12.8. The second-order valence-corrected chi connectivity index (χ2v) is 4.03. The molecule has 2 N–H and O–H groups in total. The van der Waals surface area contributed by atoms with Crippen LogP contribution in [-0.2, 0) is 4.79 Å². The van der Waals surface area contributed by atoms with Gasteiger partial charge in [-0.1, -0.05) is 17.3 Å². The molecule has 98 valence electrons. The second kappa shape index (κ2) is 4.93. The molecule has 2 aromatic rings. The first-order chi connectivity index (χ1) is 8.99. The third-order valence-electron chi connectivity index (χ3n) is 2.53. The molecular formula is C13H12N2O4. The smallest absolute Gasteiger partial charge is 0.341 e. The summed E-state index contributed by atoms with van der Waals surface area (Å²) in [5.74, 6) is -1.06. The van der Waals surface area contributed by atoms with E-state index in [2.05, 4.69) is 10.5 Å². The Kier molecular flexibility index (Phi) is 3.33. The Morgan fingerprint density at radius 2 is 2.11 bits per heavy atom. The van der Waals surface area contributed by atoms with Gasteiger partial charge in [0.15, 0.2) is 0 Å². The summed E-state index contributed by atoms with van der Waals surface area (Å²) < 4.78 is 4.91. The van der Waals surface area contributed by atoms with Gasteiger partial charge in [0, 0.05) is 18.2 Å². The van der Waals surface area contributed by atoms with Gasteiger partial charge in [-0.2, -0.15) is 0 Å². The average Bonchev–Trinajstić information content (AvgIpc) is 2.70. The molecule has 1 heterocycles. The highest BCUT2D eigenvalue weighted by Crippen LogP contribution is 2.27. The summed E-state index contributed by atoms with van der Waals surface area (Å²) in [7, 11) is 0. The van der Waals surface area contributed by atoms with Crippen molar-refractivity contribution in [3.8, 4) is 11.3 Å². The van der Waals surface area contributed by atoms with Gasteiger partial charge < -0.3 is 14.9 Å². The maximum Gasteiger partial charge on any atom is 0.341 e. The normalized spacial score (nSPS) is 10.2. The van der Waals surface area contributed by atoms with Crippen molar-refractivity contribution in [2.45, 2.75) is 13.8 Å². The van der Waals surface area contributed by atoms with E-state index in [1.807, 2.05) is 0 Å². The highest BCUT2D eigenvalue weighted by molar-refractivity contribution is 5.96. The lowest BCUT2D eigenvalue weighted by Gasteiger charge is -2.04. The molecule has 0 radical (unpaired) electrons. The largest absolute Gasteiger partial charge is 0.477 e. The summed E-state index contributed by atoms with van der Waals surface area (Å²) >= 11 is 0. The summed E-state index contributed by atoms with van der Waals surface area (Å²) in [5, 5.41) is 15.5. The number of nitrogens with zero attached hydrogens (tertiary/aromatic N) is 1. The van der Waals surface area contributed by atoms with Gasteiger partial charge in [-0.3, -0.25) is 4.79 Å². The molecule has 0 fully saturated rings. The number of aryl methyl sites for hydroxylation is 1. The Labute approximate surface area is 109 Å². The number of carboxylic acid groups (broad SMARTS) is 1. The number of benzene rings is 1. The van der Waals surface area contributed by atoms with Gasteiger partial charge in [0.25, 0.3) is 0 Å². The van der Waals surface area contributed by atoms with Crippen LogP contribution in [0.1, 0.15) is 23.0 Å². The predicted molar refractivity (Wildman–Crippen MR) is 67.9 cm³/mol. The molecule has 0 spiro atoms. The maximum absolute atomic E-state index is 11.2. The molecule has 0 atom stereocenters. The second-order valence-electron chi connectivity index (χ2n) is 4.03. The third-order valence-corrected chi connectivity index (χ3v) is 2.53. The highest BCUT2D eigenvalue weighted by atomic mass is 16.5.